The summed E-state index contributed by atoms with van der Waals surface area (Å²) in [5.41, 5.74) is -6.10. The zero-order valence-electron chi connectivity index (χ0n) is 34.2. The Bertz CT molecular complexity index is 1450. The van der Waals surface area contributed by atoms with Crippen LogP contribution in [0.25, 0.3) is 0 Å². The summed E-state index contributed by atoms with van der Waals surface area (Å²) >= 11 is 0. The largest absolute Gasteiger partial charge is 0.369 e. The van der Waals surface area contributed by atoms with Crippen molar-refractivity contribution in [3.63, 3.8) is 0 Å². The average molecular weight is 448 g/mol. The Morgan fingerprint density at radius 1 is 1.41 bits per heavy atom. The van der Waals surface area contributed by atoms with Gasteiger partial charge in [-0.15, -0.1) is 0 Å². The van der Waals surface area contributed by atoms with Crippen molar-refractivity contribution in [1.29, 1.82) is 0 Å². The van der Waals surface area contributed by atoms with Gasteiger partial charge in [0, 0.05) is 67.4 Å². The molecule has 1 aromatic rings. The highest BCUT2D eigenvalue weighted by molar-refractivity contribution is 7.89. The van der Waals surface area contributed by atoms with Crippen LogP contribution in [0, 0.1) is 11.7 Å². The average Bonchev–Trinajstić information content (AvgIpc) is 2.92. The summed E-state index contributed by atoms with van der Waals surface area (Å²) in [6, 6.07) is -3.39. The normalized spacial score (nSPS) is 32.6. The van der Waals surface area contributed by atoms with Crippen LogP contribution < -0.4 is 14.9 Å². The number of nitrogens with one attached hydrogen (secondary N) is 2. The molecule has 1 aliphatic rings. The maximum Gasteiger partial charge on any atom is 0.221 e. The third-order valence-corrected chi connectivity index (χ3v) is 4.60. The van der Waals surface area contributed by atoms with Crippen molar-refractivity contribution in [2.75, 3.05) is 55.1 Å². The lowest BCUT2D eigenvalue weighted by molar-refractivity contribution is -0.114. The van der Waals surface area contributed by atoms with Gasteiger partial charge in [-0.05, 0) is 43.4 Å². The fourth-order valence-corrected chi connectivity index (χ4v) is 3.11. The van der Waals surface area contributed by atoms with E-state index in [0.29, 0.717) is 0 Å². The van der Waals surface area contributed by atoms with Crippen molar-refractivity contribution in [3.05, 3.63) is 23.9 Å². The van der Waals surface area contributed by atoms with Crippen LogP contribution in [0.3, 0.4) is 0 Å². The molecular formula is C20H33FN4O3S. The Morgan fingerprint density at radius 3 is 2.86 bits per heavy atom. The van der Waals surface area contributed by atoms with E-state index in [-0.39, 0.29) is 42.5 Å². The summed E-state index contributed by atoms with van der Waals surface area (Å²) in [7, 11) is -5.66. The van der Waals surface area contributed by atoms with Crippen LogP contribution >= 0.6 is 0 Å². The number of nitrogens with zero attached hydrogens (tertiary/aromatic N) is 2. The predicted octanol–water partition coefficient (Wildman–Crippen LogP) is 2.26. The van der Waals surface area contributed by atoms with Gasteiger partial charge in [-0.1, -0.05) is 13.7 Å². The lowest BCUT2D eigenvalue weighted by atomic mass is 10.2. The van der Waals surface area contributed by atoms with Crippen molar-refractivity contribution >= 4 is 27.3 Å². The molecule has 2 atom stereocenters. The number of hydrogen-bond donors (Lipinski definition) is 2. The van der Waals surface area contributed by atoms with Crippen LogP contribution in [0.1, 0.15) is 56.7 Å². The molecular weight excluding hydrogens is 395 g/mol. The van der Waals surface area contributed by atoms with Gasteiger partial charge in [0.1, 0.15) is 7.23 Å². The van der Waals surface area contributed by atoms with E-state index < -0.39 is 103 Å². The fourth-order valence-electron chi connectivity index (χ4n) is 2.41. The lowest BCUT2D eigenvalue weighted by Crippen LogP contribution is -2.46. The molecule has 2 rings (SSSR count). The van der Waals surface area contributed by atoms with E-state index in [1.807, 2.05) is 0 Å². The van der Waals surface area contributed by atoms with Crippen LogP contribution in [-0.4, -0.2) is 64.2 Å². The molecule has 1 saturated heterocycles. The molecule has 1 aliphatic heterocycles. The number of piperazine rings is 1. The Balaban J connectivity index is 2.21. The predicted molar refractivity (Wildman–Crippen MR) is 115 cm³/mol. The van der Waals surface area contributed by atoms with Crippen LogP contribution in [0.5, 0.6) is 0 Å². The topological polar surface area (TPSA) is 81.8 Å². The SMILES string of the molecule is [2H]c1c(F)c([2H])c(N2C([2H])CN(CCCCN([2H])S(=O)(=O)C([2H])([2H])C([2H])(C([2H])([2H])[2H])C([2H])([2H])[2H])CC2[2H])c([2H])c1N([2H])C(=O)C([2H])([2H])[2H]. The summed E-state index contributed by atoms with van der Waals surface area (Å²) in [5, 5.41) is -0.366. The quantitative estimate of drug-likeness (QED) is 0.538. The number of amides is 1. The molecule has 0 saturated carbocycles. The summed E-state index contributed by atoms with van der Waals surface area (Å²) in [6.45, 7) is -15.5. The highest BCUT2D eigenvalue weighted by Gasteiger charge is 2.18. The van der Waals surface area contributed by atoms with Gasteiger partial charge in [-0.25, -0.2) is 17.5 Å². The minimum absolute atomic E-state index is 0.0205. The smallest absolute Gasteiger partial charge is 0.221 e. The van der Waals surface area contributed by atoms with Crippen LogP contribution in [0.2, 0.25) is 2.82 Å². The van der Waals surface area contributed by atoms with Gasteiger partial charge >= 0.3 is 0 Å². The van der Waals surface area contributed by atoms with E-state index in [1.165, 1.54) is 4.90 Å². The van der Waals surface area contributed by atoms with Crippen molar-refractivity contribution in [1.82, 2.24) is 9.62 Å². The molecule has 7 nitrogen and oxygen atoms in total. The Labute approximate surface area is 200 Å². The first kappa shape index (κ1) is 8.43. The molecule has 1 fully saturated rings. The van der Waals surface area contributed by atoms with Crippen LogP contribution in [-0.2, 0) is 14.8 Å². The van der Waals surface area contributed by atoms with E-state index in [1.54, 1.807) is 0 Å². The third-order valence-electron chi connectivity index (χ3n) is 3.61. The van der Waals surface area contributed by atoms with Crippen LogP contribution in [0.15, 0.2) is 18.1 Å². The van der Waals surface area contributed by atoms with E-state index in [4.69, 9.17) is 26.1 Å². The monoisotopic (exact) mass is 447 g/mol. The number of sulfonamides is 1. The number of carbonyl (C=O) groups is 1. The first-order valence-corrected chi connectivity index (χ1v) is 9.82. The highest BCUT2D eigenvalue weighted by atomic mass is 32.2. The van der Waals surface area contributed by atoms with Gasteiger partial charge < -0.3 is 10.2 Å². The van der Waals surface area contributed by atoms with Crippen molar-refractivity contribution in [2.24, 2.45) is 5.89 Å². The molecule has 1 aromatic carbocycles. The zero-order valence-corrected chi connectivity index (χ0v) is 16.0. The van der Waals surface area contributed by atoms with E-state index in [9.17, 15) is 17.6 Å². The van der Waals surface area contributed by atoms with E-state index in [0.717, 1.165) is 4.90 Å². The second-order valence-electron chi connectivity index (χ2n) is 5.85. The zero-order chi connectivity index (χ0) is 37.7. The molecule has 164 valence electrons. The number of anilines is 2. The van der Waals surface area contributed by atoms with Gasteiger partial charge in [0.2, 0.25) is 15.9 Å². The number of halogens is 1. The van der Waals surface area contributed by atoms with Crippen molar-refractivity contribution in [2.45, 2.75) is 33.4 Å². The Hall–Kier alpha value is -1.71. The van der Waals surface area contributed by atoms with Crippen LogP contribution in [0.4, 0.5) is 15.8 Å². The number of unbranched alkanes of at least 4 members (excludes halogenated alkanes) is 1. The van der Waals surface area contributed by atoms with Gasteiger partial charge in [0.05, 0.1) is 12.6 Å². The van der Waals surface area contributed by atoms with Crippen molar-refractivity contribution in [3.8, 4) is 0 Å². The molecule has 0 aromatic heterocycles. The molecule has 0 radical (unpaired) electrons. The fraction of sp³-hybridized carbons (Fsp3) is 0.650. The molecule has 9 heteroatoms. The molecule has 0 bridgehead atoms. The third kappa shape index (κ3) is 8.67. The second kappa shape index (κ2) is 10.9. The Morgan fingerprint density at radius 2 is 2.17 bits per heavy atom. The van der Waals surface area contributed by atoms with Gasteiger partial charge in [-0.2, -0.15) is 0 Å². The number of benzene rings is 1. The number of carbonyl (C=O) groups excluding carboxylic acids is 1. The molecule has 0 aliphatic carbocycles. The maximum atomic E-state index is 14.9. The molecule has 29 heavy (non-hydrogen) atoms. The standard InChI is InChI=1S/C20H33FN4O3S/c1-16(2)15-29(27,28)22-6-4-5-7-24-8-10-25(11-9-24)20-13-18(21)12-19(14-20)23-17(3)26/h12-14,16,22H,4-11,15H2,1-3H3,(H,23,26)/i1D3,2D3,3D3,10D,11D,12D,13D,14D,15D2,16D/hD2. The van der Waals surface area contributed by atoms with Crippen molar-refractivity contribution < 1.29 is 43.7 Å². The summed E-state index contributed by atoms with van der Waals surface area (Å²) in [5.74, 6) is -7.65. The molecule has 0 spiro atoms. The summed E-state index contributed by atoms with van der Waals surface area (Å²) < 4.78 is 187. The molecule has 2 unspecified atom stereocenters. The van der Waals surface area contributed by atoms with Gasteiger partial charge in [0.15, 0.2) is 1.41 Å². The highest BCUT2D eigenvalue weighted by Crippen LogP contribution is 2.23. The summed E-state index contributed by atoms with van der Waals surface area (Å²) in [4.78, 5) is 14.4. The molecule has 1 heterocycles. The van der Waals surface area contributed by atoms with E-state index in [2.05, 4.69) is 0 Å². The summed E-state index contributed by atoms with van der Waals surface area (Å²) in [6.07, 6.45) is -0.163. The first-order valence-electron chi connectivity index (χ1n) is 17.9. The maximum absolute atomic E-state index is 14.9. The Kier molecular flexibility index (Phi) is 3.17. The van der Waals surface area contributed by atoms with E-state index >= 15 is 0 Å². The minimum atomic E-state index is -5.66. The minimum Gasteiger partial charge on any atom is -0.369 e. The second-order valence-corrected chi connectivity index (χ2v) is 7.26. The number of hydrogen-bond acceptors (Lipinski definition) is 5. The number of rotatable bonds is 10. The molecule has 2 N–H and O–H groups in total. The van der Waals surface area contributed by atoms with Gasteiger partial charge in [-0.3, -0.25) is 9.69 Å². The van der Waals surface area contributed by atoms with Gasteiger partial charge in [0.25, 0.3) is 0 Å². The first-order chi connectivity index (χ1) is 21.4. The lowest BCUT2D eigenvalue weighted by Gasteiger charge is -2.36. The molecule has 1 amide bonds.